The third kappa shape index (κ3) is 6.93. The van der Waals surface area contributed by atoms with E-state index in [1.54, 1.807) is 37.6 Å². The van der Waals surface area contributed by atoms with Gasteiger partial charge in [-0.1, -0.05) is 12.6 Å². The molecule has 0 aliphatic heterocycles. The van der Waals surface area contributed by atoms with Crippen LogP contribution in [0.15, 0.2) is 66.2 Å². The van der Waals surface area contributed by atoms with Gasteiger partial charge < -0.3 is 25.4 Å². The fourth-order valence-corrected chi connectivity index (χ4v) is 3.18. The van der Waals surface area contributed by atoms with Crippen molar-refractivity contribution in [3.63, 3.8) is 0 Å². The van der Waals surface area contributed by atoms with Crippen LogP contribution in [-0.2, 0) is 9.53 Å². The number of amides is 1. The Balaban J connectivity index is 1.76. The fourth-order valence-electron chi connectivity index (χ4n) is 2.73. The smallest absolute Gasteiger partial charge is 0.247 e. The molecule has 3 rings (SSSR count). The Hall–Kier alpha value is -3.63. The summed E-state index contributed by atoms with van der Waals surface area (Å²) in [5.41, 5.74) is 1.82. The number of nitrogens with zero attached hydrogens (tertiary/aromatic N) is 2. The molecule has 3 N–H and O–H groups in total. The Morgan fingerprint density at radius 2 is 1.94 bits per heavy atom. The molecular formula is C23H24FN5O3S. The predicted molar refractivity (Wildman–Crippen MR) is 129 cm³/mol. The van der Waals surface area contributed by atoms with E-state index in [0.29, 0.717) is 29.7 Å². The summed E-state index contributed by atoms with van der Waals surface area (Å²) >= 11 is 1.48. The van der Waals surface area contributed by atoms with Crippen molar-refractivity contribution in [2.24, 2.45) is 0 Å². The molecule has 1 amide bonds. The summed E-state index contributed by atoms with van der Waals surface area (Å²) in [6.07, 6.45) is 4.79. The van der Waals surface area contributed by atoms with Crippen LogP contribution in [-0.4, -0.2) is 42.5 Å². The molecule has 0 aliphatic carbocycles. The number of halogens is 1. The summed E-state index contributed by atoms with van der Waals surface area (Å²) in [7, 11) is 1.55. The van der Waals surface area contributed by atoms with Gasteiger partial charge in [-0.25, -0.2) is 9.37 Å². The lowest BCUT2D eigenvalue weighted by Crippen LogP contribution is -2.07. The highest BCUT2D eigenvalue weighted by Crippen LogP contribution is 2.29. The number of methoxy groups -OCH3 is 1. The highest BCUT2D eigenvalue weighted by Gasteiger charge is 2.10. The molecule has 33 heavy (non-hydrogen) atoms. The van der Waals surface area contributed by atoms with Crippen LogP contribution in [0.1, 0.15) is 0 Å². The van der Waals surface area contributed by atoms with Gasteiger partial charge in [0.2, 0.25) is 11.9 Å². The van der Waals surface area contributed by atoms with Crippen LogP contribution in [0, 0.1) is 5.82 Å². The first-order valence-electron chi connectivity index (χ1n) is 9.92. The average molecular weight is 470 g/mol. The second-order valence-corrected chi connectivity index (χ2v) is 7.47. The summed E-state index contributed by atoms with van der Waals surface area (Å²) in [6.45, 7) is 4.08. The van der Waals surface area contributed by atoms with Crippen LogP contribution in [0.5, 0.6) is 5.75 Å². The summed E-state index contributed by atoms with van der Waals surface area (Å²) in [6, 6.07) is 11.7. The zero-order chi connectivity index (χ0) is 23.6. The van der Waals surface area contributed by atoms with Crippen molar-refractivity contribution >= 4 is 46.5 Å². The second-order valence-electron chi connectivity index (χ2n) is 6.62. The quantitative estimate of drug-likeness (QED) is 0.206. The predicted octanol–water partition coefficient (Wildman–Crippen LogP) is 4.97. The van der Waals surface area contributed by atoms with Crippen LogP contribution in [0.3, 0.4) is 0 Å². The monoisotopic (exact) mass is 469 g/mol. The highest BCUT2D eigenvalue weighted by molar-refractivity contribution is 7.98. The van der Waals surface area contributed by atoms with Gasteiger partial charge in [0.05, 0.1) is 11.5 Å². The molecule has 0 bridgehead atoms. The Morgan fingerprint density at radius 3 is 2.67 bits per heavy atom. The SMILES string of the molecule is C=CC(=O)Nc1cccc(Nc2nc(Nc3ccc(OCCOC)c(F)c3)ncc2SC)c1. The van der Waals surface area contributed by atoms with Crippen molar-refractivity contribution in [2.45, 2.75) is 4.90 Å². The summed E-state index contributed by atoms with van der Waals surface area (Å²) in [5.74, 6) is 0.189. The topological polar surface area (TPSA) is 97.4 Å². The minimum absolute atomic E-state index is 0.141. The maximum atomic E-state index is 14.3. The van der Waals surface area contributed by atoms with E-state index in [-0.39, 0.29) is 18.3 Å². The normalized spacial score (nSPS) is 10.4. The lowest BCUT2D eigenvalue weighted by atomic mass is 10.2. The van der Waals surface area contributed by atoms with Gasteiger partial charge in [-0.05, 0) is 42.7 Å². The Bertz CT molecular complexity index is 1130. The number of benzene rings is 2. The number of rotatable bonds is 11. The molecule has 0 saturated heterocycles. The van der Waals surface area contributed by atoms with E-state index in [0.717, 1.165) is 10.6 Å². The van der Waals surface area contributed by atoms with E-state index >= 15 is 0 Å². The number of aromatic nitrogens is 2. The van der Waals surface area contributed by atoms with Gasteiger partial charge in [-0.2, -0.15) is 4.98 Å². The molecule has 0 spiro atoms. The van der Waals surface area contributed by atoms with Crippen LogP contribution < -0.4 is 20.7 Å². The van der Waals surface area contributed by atoms with Crippen LogP contribution >= 0.6 is 11.8 Å². The second kappa shape index (κ2) is 11.8. The molecule has 3 aromatic rings. The number of thioether (sulfide) groups is 1. The maximum Gasteiger partial charge on any atom is 0.247 e. The first-order chi connectivity index (χ1) is 16.0. The van der Waals surface area contributed by atoms with Crippen LogP contribution in [0.2, 0.25) is 0 Å². The van der Waals surface area contributed by atoms with Crippen LogP contribution in [0.25, 0.3) is 0 Å². The van der Waals surface area contributed by atoms with Crippen molar-refractivity contribution in [3.05, 3.63) is 67.1 Å². The van der Waals surface area contributed by atoms with Crippen molar-refractivity contribution < 1.29 is 18.7 Å². The average Bonchev–Trinajstić information content (AvgIpc) is 2.81. The summed E-state index contributed by atoms with van der Waals surface area (Å²) in [4.78, 5) is 21.2. The van der Waals surface area contributed by atoms with Gasteiger partial charge in [0.25, 0.3) is 0 Å². The summed E-state index contributed by atoms with van der Waals surface area (Å²) < 4.78 is 24.6. The lowest BCUT2D eigenvalue weighted by molar-refractivity contribution is -0.111. The van der Waals surface area contributed by atoms with E-state index in [4.69, 9.17) is 9.47 Å². The minimum Gasteiger partial charge on any atom is -0.488 e. The van der Waals surface area contributed by atoms with Gasteiger partial charge >= 0.3 is 0 Å². The molecule has 2 aromatic carbocycles. The van der Waals surface area contributed by atoms with Gasteiger partial charge in [-0.3, -0.25) is 4.79 Å². The largest absolute Gasteiger partial charge is 0.488 e. The first kappa shape index (κ1) is 24.0. The molecule has 0 fully saturated rings. The van der Waals surface area contributed by atoms with Gasteiger partial charge in [0.15, 0.2) is 11.6 Å². The number of carbonyl (C=O) groups excluding carboxylic acids is 1. The zero-order valence-corrected chi connectivity index (χ0v) is 19.0. The van der Waals surface area contributed by atoms with Crippen molar-refractivity contribution in [2.75, 3.05) is 42.5 Å². The maximum absolute atomic E-state index is 14.3. The van der Waals surface area contributed by atoms with Crippen molar-refractivity contribution in [1.82, 2.24) is 9.97 Å². The highest BCUT2D eigenvalue weighted by atomic mass is 32.2. The van der Waals surface area contributed by atoms with Crippen molar-refractivity contribution in [1.29, 1.82) is 0 Å². The molecule has 8 nitrogen and oxygen atoms in total. The standard InChI is InChI=1S/C23H24FN5O3S/c1-4-21(30)26-15-6-5-7-16(12-15)27-22-20(33-3)14-25-23(29-22)28-17-8-9-19(18(24)13-17)32-11-10-31-2/h4-9,12-14H,1,10-11H2,2-3H3,(H,26,30)(H2,25,27,28,29). The van der Waals surface area contributed by atoms with E-state index < -0.39 is 5.82 Å². The molecule has 0 saturated carbocycles. The minimum atomic E-state index is -0.506. The van der Waals surface area contributed by atoms with E-state index in [2.05, 4.69) is 32.5 Å². The molecule has 0 unspecified atom stereocenters. The number of ether oxygens (including phenoxy) is 2. The number of anilines is 5. The summed E-state index contributed by atoms with van der Waals surface area (Å²) in [5, 5.41) is 8.95. The number of carbonyl (C=O) groups is 1. The molecular weight excluding hydrogens is 445 g/mol. The molecule has 172 valence electrons. The molecule has 10 heteroatoms. The fraction of sp³-hybridized carbons (Fsp3) is 0.174. The third-order valence-corrected chi connectivity index (χ3v) is 5.02. The van der Waals surface area contributed by atoms with Gasteiger partial charge in [-0.15, -0.1) is 11.8 Å². The lowest BCUT2D eigenvalue weighted by Gasteiger charge is -2.13. The molecule has 0 radical (unpaired) electrons. The number of hydrogen-bond acceptors (Lipinski definition) is 8. The molecule has 1 heterocycles. The molecule has 0 atom stereocenters. The third-order valence-electron chi connectivity index (χ3n) is 4.29. The van der Waals surface area contributed by atoms with E-state index in [1.165, 1.54) is 30.0 Å². The van der Waals surface area contributed by atoms with Crippen LogP contribution in [0.4, 0.5) is 33.2 Å². The number of nitrogens with one attached hydrogen (secondary N) is 3. The van der Waals surface area contributed by atoms with E-state index in [1.807, 2.05) is 12.3 Å². The Labute approximate surface area is 195 Å². The van der Waals surface area contributed by atoms with Gasteiger partial charge in [0.1, 0.15) is 12.4 Å². The van der Waals surface area contributed by atoms with Gasteiger partial charge in [0, 0.05) is 36.4 Å². The van der Waals surface area contributed by atoms with Crippen molar-refractivity contribution in [3.8, 4) is 5.75 Å². The Kier molecular flexibility index (Phi) is 8.62. The zero-order valence-electron chi connectivity index (χ0n) is 18.2. The first-order valence-corrected chi connectivity index (χ1v) is 11.1. The Morgan fingerprint density at radius 1 is 1.15 bits per heavy atom. The van der Waals surface area contributed by atoms with E-state index in [9.17, 15) is 9.18 Å². The molecule has 0 aliphatic rings. The molecule has 1 aromatic heterocycles. The number of hydrogen-bond donors (Lipinski definition) is 3.